The lowest BCUT2D eigenvalue weighted by molar-refractivity contribution is -0.194. The standard InChI is InChI=1S/C15H17NO3/c17-13-10-15(8-4-5-9-15)14(18)16(13)19-11-12-6-2-1-3-7-12/h1-3,6-7H,4-5,8-11H2. The Morgan fingerprint density at radius 3 is 2.47 bits per heavy atom. The van der Waals surface area contributed by atoms with Crippen LogP contribution in [0.25, 0.3) is 0 Å². The molecule has 2 amide bonds. The molecule has 2 aliphatic rings. The molecule has 3 rings (SSSR count). The van der Waals surface area contributed by atoms with Gasteiger partial charge in [-0.25, -0.2) is 0 Å². The van der Waals surface area contributed by atoms with E-state index >= 15 is 0 Å². The van der Waals surface area contributed by atoms with Gasteiger partial charge in [0.1, 0.15) is 6.61 Å². The van der Waals surface area contributed by atoms with E-state index in [0.29, 0.717) is 6.42 Å². The summed E-state index contributed by atoms with van der Waals surface area (Å²) in [5, 5.41) is 0.998. The van der Waals surface area contributed by atoms with Crippen LogP contribution in [0.4, 0.5) is 0 Å². The summed E-state index contributed by atoms with van der Waals surface area (Å²) < 4.78 is 0. The highest BCUT2D eigenvalue weighted by atomic mass is 16.7. The van der Waals surface area contributed by atoms with Crippen molar-refractivity contribution in [2.24, 2.45) is 5.41 Å². The van der Waals surface area contributed by atoms with Gasteiger partial charge < -0.3 is 0 Å². The lowest BCUT2D eigenvalue weighted by Crippen LogP contribution is -2.34. The number of carbonyl (C=O) groups is 2. The molecule has 0 atom stereocenters. The summed E-state index contributed by atoms with van der Waals surface area (Å²) in [7, 11) is 0. The van der Waals surface area contributed by atoms with Gasteiger partial charge in [-0.05, 0) is 18.4 Å². The average Bonchev–Trinajstić information content (AvgIpc) is 2.97. The highest BCUT2D eigenvalue weighted by molar-refractivity contribution is 6.04. The third-order valence-electron chi connectivity index (χ3n) is 4.12. The Morgan fingerprint density at radius 1 is 1.11 bits per heavy atom. The highest BCUT2D eigenvalue weighted by Gasteiger charge is 2.53. The van der Waals surface area contributed by atoms with Gasteiger partial charge in [0.15, 0.2) is 0 Å². The molecule has 19 heavy (non-hydrogen) atoms. The van der Waals surface area contributed by atoms with Crippen molar-refractivity contribution in [1.29, 1.82) is 0 Å². The third-order valence-corrected chi connectivity index (χ3v) is 4.12. The van der Waals surface area contributed by atoms with Gasteiger partial charge in [0.05, 0.1) is 5.41 Å². The first kappa shape index (κ1) is 12.4. The van der Waals surface area contributed by atoms with Crippen molar-refractivity contribution in [3.05, 3.63) is 35.9 Å². The first-order chi connectivity index (χ1) is 9.21. The first-order valence-corrected chi connectivity index (χ1v) is 6.76. The van der Waals surface area contributed by atoms with Crippen molar-refractivity contribution in [3.8, 4) is 0 Å². The lowest BCUT2D eigenvalue weighted by atomic mass is 9.85. The first-order valence-electron chi connectivity index (χ1n) is 6.76. The Labute approximate surface area is 112 Å². The SMILES string of the molecule is O=C1CC2(CCCC2)C(=O)N1OCc1ccccc1. The number of hydroxylamine groups is 2. The van der Waals surface area contributed by atoms with Gasteiger partial charge >= 0.3 is 0 Å². The minimum absolute atomic E-state index is 0.133. The van der Waals surface area contributed by atoms with Gasteiger partial charge in [0.25, 0.3) is 11.8 Å². The lowest BCUT2D eigenvalue weighted by Gasteiger charge is -2.20. The summed E-state index contributed by atoms with van der Waals surface area (Å²) in [6, 6.07) is 9.56. The number of carbonyl (C=O) groups excluding carboxylic acids is 2. The van der Waals surface area contributed by atoms with Gasteiger partial charge in [-0.3, -0.25) is 14.4 Å². The normalized spacial score (nSPS) is 21.6. The van der Waals surface area contributed by atoms with E-state index in [9.17, 15) is 9.59 Å². The number of hydrogen-bond acceptors (Lipinski definition) is 3. The fraction of sp³-hybridized carbons (Fsp3) is 0.467. The minimum Gasteiger partial charge on any atom is -0.272 e. The molecule has 100 valence electrons. The largest absolute Gasteiger partial charge is 0.272 e. The monoisotopic (exact) mass is 259 g/mol. The minimum atomic E-state index is -0.451. The fourth-order valence-electron chi connectivity index (χ4n) is 3.05. The number of benzene rings is 1. The van der Waals surface area contributed by atoms with Crippen molar-refractivity contribution in [2.75, 3.05) is 0 Å². The van der Waals surface area contributed by atoms with Crippen LogP contribution in [-0.4, -0.2) is 16.9 Å². The second-order valence-corrected chi connectivity index (χ2v) is 5.42. The van der Waals surface area contributed by atoms with E-state index in [2.05, 4.69) is 0 Å². The molecule has 0 aromatic heterocycles. The van der Waals surface area contributed by atoms with Crippen molar-refractivity contribution < 1.29 is 14.4 Å². The van der Waals surface area contributed by atoms with E-state index in [1.54, 1.807) is 0 Å². The van der Waals surface area contributed by atoms with Gasteiger partial charge in [0.2, 0.25) is 0 Å². The fourth-order valence-corrected chi connectivity index (χ4v) is 3.05. The Morgan fingerprint density at radius 2 is 1.79 bits per heavy atom. The molecule has 0 unspecified atom stereocenters. The zero-order chi connectivity index (χ0) is 13.3. The number of rotatable bonds is 3. The van der Waals surface area contributed by atoms with Crippen LogP contribution in [0.1, 0.15) is 37.7 Å². The van der Waals surface area contributed by atoms with Crippen molar-refractivity contribution in [2.45, 2.75) is 38.7 Å². The number of amides is 2. The molecule has 4 nitrogen and oxygen atoms in total. The Bertz CT molecular complexity index is 491. The number of imide groups is 1. The predicted octanol–water partition coefficient (Wildman–Crippen LogP) is 2.44. The molecule has 1 saturated heterocycles. The van der Waals surface area contributed by atoms with E-state index in [4.69, 9.17) is 4.84 Å². The summed E-state index contributed by atoms with van der Waals surface area (Å²) in [6.07, 6.45) is 4.03. The van der Waals surface area contributed by atoms with Crippen molar-refractivity contribution >= 4 is 11.8 Å². The molecule has 1 aliphatic heterocycles. The molecular formula is C15H17NO3. The molecule has 1 saturated carbocycles. The number of nitrogens with zero attached hydrogens (tertiary/aromatic N) is 1. The van der Waals surface area contributed by atoms with E-state index < -0.39 is 5.41 Å². The van der Waals surface area contributed by atoms with Crippen LogP contribution in [0.3, 0.4) is 0 Å². The van der Waals surface area contributed by atoms with Crippen LogP contribution in [0.2, 0.25) is 0 Å². The van der Waals surface area contributed by atoms with Crippen LogP contribution in [0.15, 0.2) is 30.3 Å². The van der Waals surface area contributed by atoms with Crippen molar-refractivity contribution in [3.63, 3.8) is 0 Å². The van der Waals surface area contributed by atoms with Crippen LogP contribution < -0.4 is 0 Å². The topological polar surface area (TPSA) is 46.6 Å². The quantitative estimate of drug-likeness (QED) is 0.783. The second-order valence-electron chi connectivity index (χ2n) is 5.42. The molecule has 1 heterocycles. The Hall–Kier alpha value is -1.68. The molecule has 2 fully saturated rings. The smallest absolute Gasteiger partial charge is 0.260 e. The van der Waals surface area contributed by atoms with E-state index in [-0.39, 0.29) is 18.4 Å². The van der Waals surface area contributed by atoms with E-state index in [0.717, 1.165) is 36.3 Å². The molecule has 4 heteroatoms. The summed E-state index contributed by atoms with van der Waals surface area (Å²) in [4.78, 5) is 29.7. The molecule has 0 radical (unpaired) electrons. The van der Waals surface area contributed by atoms with Crippen LogP contribution in [-0.2, 0) is 21.0 Å². The molecular weight excluding hydrogens is 242 g/mol. The van der Waals surface area contributed by atoms with E-state index in [1.807, 2.05) is 30.3 Å². The molecule has 1 aromatic rings. The maximum atomic E-state index is 12.3. The summed E-state index contributed by atoms with van der Waals surface area (Å²) >= 11 is 0. The van der Waals surface area contributed by atoms with E-state index in [1.165, 1.54) is 0 Å². The molecule has 0 bridgehead atoms. The van der Waals surface area contributed by atoms with Gasteiger partial charge in [-0.15, -0.1) is 0 Å². The summed E-state index contributed by atoms with van der Waals surface area (Å²) in [6.45, 7) is 0.258. The Kier molecular flexibility index (Phi) is 3.11. The molecule has 1 aliphatic carbocycles. The average molecular weight is 259 g/mol. The van der Waals surface area contributed by atoms with Crippen LogP contribution in [0, 0.1) is 5.41 Å². The third kappa shape index (κ3) is 2.16. The molecule has 0 N–H and O–H groups in total. The van der Waals surface area contributed by atoms with Gasteiger partial charge in [0, 0.05) is 6.42 Å². The second kappa shape index (κ2) is 4.78. The van der Waals surface area contributed by atoms with Gasteiger partial charge in [-0.2, -0.15) is 5.06 Å². The molecule has 1 aromatic carbocycles. The van der Waals surface area contributed by atoms with Gasteiger partial charge in [-0.1, -0.05) is 43.2 Å². The zero-order valence-corrected chi connectivity index (χ0v) is 10.8. The van der Waals surface area contributed by atoms with Crippen LogP contribution in [0.5, 0.6) is 0 Å². The Balaban J connectivity index is 1.68. The van der Waals surface area contributed by atoms with Crippen molar-refractivity contribution in [1.82, 2.24) is 5.06 Å². The zero-order valence-electron chi connectivity index (χ0n) is 10.8. The number of hydrogen-bond donors (Lipinski definition) is 0. The molecule has 1 spiro atoms. The predicted molar refractivity (Wildman–Crippen MR) is 68.6 cm³/mol. The summed E-state index contributed by atoms with van der Waals surface area (Å²) in [5.74, 6) is -0.325. The highest BCUT2D eigenvalue weighted by Crippen LogP contribution is 2.46. The van der Waals surface area contributed by atoms with Crippen LogP contribution >= 0.6 is 0 Å². The summed E-state index contributed by atoms with van der Waals surface area (Å²) in [5.41, 5.74) is 0.504. The maximum Gasteiger partial charge on any atom is 0.260 e. The maximum absolute atomic E-state index is 12.3.